The molecule has 0 radical (unpaired) electrons. The zero-order valence-corrected chi connectivity index (χ0v) is 9.92. The molecule has 0 aliphatic rings. The molecule has 0 spiro atoms. The van der Waals surface area contributed by atoms with Crippen LogP contribution < -0.4 is 5.32 Å². The second-order valence-electron chi connectivity index (χ2n) is 3.71. The molecule has 0 bridgehead atoms. The summed E-state index contributed by atoms with van der Waals surface area (Å²) in [6.45, 7) is 2.06. The SMILES string of the molecule is CCc1ccccc1Nc1ccnc(C(=O)O)n1. The Labute approximate surface area is 105 Å². The summed E-state index contributed by atoms with van der Waals surface area (Å²) in [6, 6.07) is 9.47. The molecule has 5 heteroatoms. The number of aromatic nitrogens is 2. The van der Waals surface area contributed by atoms with Crippen molar-refractivity contribution in [2.45, 2.75) is 13.3 Å². The van der Waals surface area contributed by atoms with Gasteiger partial charge in [0.05, 0.1) is 0 Å². The van der Waals surface area contributed by atoms with Crippen LogP contribution in [0.3, 0.4) is 0 Å². The molecule has 18 heavy (non-hydrogen) atoms. The van der Waals surface area contributed by atoms with Gasteiger partial charge in [-0.15, -0.1) is 0 Å². The van der Waals surface area contributed by atoms with Crippen molar-refractivity contribution in [3.63, 3.8) is 0 Å². The third-order valence-electron chi connectivity index (χ3n) is 2.51. The third kappa shape index (κ3) is 2.63. The van der Waals surface area contributed by atoms with Crippen LogP contribution in [-0.2, 0) is 6.42 Å². The first-order valence-corrected chi connectivity index (χ1v) is 5.62. The van der Waals surface area contributed by atoms with E-state index in [1.165, 1.54) is 6.20 Å². The van der Waals surface area contributed by atoms with Crippen LogP contribution in [0.4, 0.5) is 11.5 Å². The first kappa shape index (κ1) is 12.0. The normalized spacial score (nSPS) is 10.1. The number of carbonyl (C=O) groups is 1. The van der Waals surface area contributed by atoms with Crippen molar-refractivity contribution < 1.29 is 9.90 Å². The number of carboxylic acids is 1. The van der Waals surface area contributed by atoms with Gasteiger partial charge in [0.1, 0.15) is 5.82 Å². The molecule has 0 aliphatic heterocycles. The van der Waals surface area contributed by atoms with Crippen molar-refractivity contribution in [1.29, 1.82) is 0 Å². The molecule has 1 heterocycles. The van der Waals surface area contributed by atoms with E-state index in [0.29, 0.717) is 5.82 Å². The fraction of sp³-hybridized carbons (Fsp3) is 0.154. The van der Waals surface area contributed by atoms with E-state index in [-0.39, 0.29) is 5.82 Å². The summed E-state index contributed by atoms with van der Waals surface area (Å²) in [6.07, 6.45) is 2.31. The Hall–Kier alpha value is -2.43. The van der Waals surface area contributed by atoms with Crippen molar-refractivity contribution in [3.8, 4) is 0 Å². The van der Waals surface area contributed by atoms with E-state index in [0.717, 1.165) is 17.7 Å². The molecule has 0 atom stereocenters. The smallest absolute Gasteiger partial charge is 0.374 e. The van der Waals surface area contributed by atoms with Gasteiger partial charge in [-0.2, -0.15) is 0 Å². The number of aromatic carboxylic acids is 1. The van der Waals surface area contributed by atoms with Crippen molar-refractivity contribution in [2.75, 3.05) is 5.32 Å². The molecular weight excluding hydrogens is 230 g/mol. The van der Waals surface area contributed by atoms with Gasteiger partial charge in [-0.3, -0.25) is 0 Å². The highest BCUT2D eigenvalue weighted by atomic mass is 16.4. The molecule has 2 N–H and O–H groups in total. The summed E-state index contributed by atoms with van der Waals surface area (Å²) in [7, 11) is 0. The fourth-order valence-corrected chi connectivity index (χ4v) is 1.62. The molecule has 0 saturated carbocycles. The Morgan fingerprint density at radius 2 is 2.11 bits per heavy atom. The van der Waals surface area contributed by atoms with Gasteiger partial charge >= 0.3 is 5.97 Å². The number of benzene rings is 1. The van der Waals surface area contributed by atoms with E-state index in [2.05, 4.69) is 22.2 Å². The second kappa shape index (κ2) is 5.27. The van der Waals surface area contributed by atoms with Gasteiger partial charge in [0.2, 0.25) is 5.82 Å². The molecule has 0 aliphatic carbocycles. The predicted octanol–water partition coefficient (Wildman–Crippen LogP) is 2.48. The van der Waals surface area contributed by atoms with E-state index < -0.39 is 5.97 Å². The number of hydrogen-bond donors (Lipinski definition) is 2. The van der Waals surface area contributed by atoms with Crippen LogP contribution in [0.1, 0.15) is 23.1 Å². The number of rotatable bonds is 4. The van der Waals surface area contributed by atoms with Crippen molar-refractivity contribution in [3.05, 3.63) is 47.9 Å². The minimum absolute atomic E-state index is 0.214. The van der Waals surface area contributed by atoms with Crippen LogP contribution in [0.2, 0.25) is 0 Å². The first-order chi connectivity index (χ1) is 8.70. The maximum Gasteiger partial charge on any atom is 0.374 e. The maximum atomic E-state index is 10.8. The monoisotopic (exact) mass is 243 g/mol. The minimum atomic E-state index is -1.14. The van der Waals surface area contributed by atoms with Crippen LogP contribution >= 0.6 is 0 Å². The second-order valence-corrected chi connectivity index (χ2v) is 3.71. The summed E-state index contributed by atoms with van der Waals surface area (Å²) in [4.78, 5) is 18.4. The first-order valence-electron chi connectivity index (χ1n) is 5.62. The topological polar surface area (TPSA) is 75.1 Å². The number of carboxylic acid groups (broad SMARTS) is 1. The van der Waals surface area contributed by atoms with E-state index in [1.807, 2.05) is 24.3 Å². The molecule has 0 fully saturated rings. The van der Waals surface area contributed by atoms with E-state index in [9.17, 15) is 4.79 Å². The highest BCUT2D eigenvalue weighted by Gasteiger charge is 2.07. The Morgan fingerprint density at radius 1 is 1.33 bits per heavy atom. The number of para-hydroxylation sites is 1. The lowest BCUT2D eigenvalue weighted by molar-refractivity contribution is 0.0683. The molecule has 0 amide bonds. The summed E-state index contributed by atoms with van der Waals surface area (Å²) in [5.74, 6) is -0.875. The van der Waals surface area contributed by atoms with Crippen LogP contribution in [-0.4, -0.2) is 21.0 Å². The van der Waals surface area contributed by atoms with Gasteiger partial charge in [-0.25, -0.2) is 14.8 Å². The van der Waals surface area contributed by atoms with Crippen molar-refractivity contribution in [2.24, 2.45) is 0 Å². The Kier molecular flexibility index (Phi) is 3.52. The number of aryl methyl sites for hydroxylation is 1. The summed E-state index contributed by atoms with van der Waals surface area (Å²) in [5.41, 5.74) is 2.07. The highest BCUT2D eigenvalue weighted by Crippen LogP contribution is 2.19. The lowest BCUT2D eigenvalue weighted by Gasteiger charge is -2.09. The van der Waals surface area contributed by atoms with Gasteiger partial charge in [0.15, 0.2) is 0 Å². The summed E-state index contributed by atoms with van der Waals surface area (Å²) < 4.78 is 0. The van der Waals surface area contributed by atoms with Gasteiger partial charge in [-0.1, -0.05) is 25.1 Å². The molecule has 92 valence electrons. The van der Waals surface area contributed by atoms with Crippen molar-refractivity contribution in [1.82, 2.24) is 9.97 Å². The molecule has 0 saturated heterocycles. The van der Waals surface area contributed by atoms with E-state index in [1.54, 1.807) is 6.07 Å². The Morgan fingerprint density at radius 3 is 2.83 bits per heavy atom. The molecule has 1 aromatic carbocycles. The van der Waals surface area contributed by atoms with E-state index >= 15 is 0 Å². The average molecular weight is 243 g/mol. The maximum absolute atomic E-state index is 10.8. The molecule has 2 rings (SSSR count). The molecule has 1 aromatic heterocycles. The van der Waals surface area contributed by atoms with Crippen LogP contribution in [0.25, 0.3) is 0 Å². The zero-order valence-electron chi connectivity index (χ0n) is 9.92. The molecular formula is C13H13N3O2. The van der Waals surface area contributed by atoms with Crippen LogP contribution in [0.15, 0.2) is 36.5 Å². The quantitative estimate of drug-likeness (QED) is 0.862. The molecule has 0 unspecified atom stereocenters. The molecule has 5 nitrogen and oxygen atoms in total. The number of nitrogens with zero attached hydrogens (tertiary/aromatic N) is 2. The van der Waals surface area contributed by atoms with Gasteiger partial charge in [0, 0.05) is 11.9 Å². The fourth-order valence-electron chi connectivity index (χ4n) is 1.62. The van der Waals surface area contributed by atoms with Crippen molar-refractivity contribution >= 4 is 17.5 Å². The lowest BCUT2D eigenvalue weighted by Crippen LogP contribution is -2.06. The summed E-state index contributed by atoms with van der Waals surface area (Å²) in [5, 5.41) is 11.9. The minimum Gasteiger partial charge on any atom is -0.475 e. The standard InChI is InChI=1S/C13H13N3O2/c1-2-9-5-3-4-6-10(9)15-11-7-8-14-12(16-11)13(17)18/h3-8H,2H2,1H3,(H,17,18)(H,14,15,16). The Balaban J connectivity index is 2.28. The number of anilines is 2. The van der Waals surface area contributed by atoms with Gasteiger partial charge < -0.3 is 10.4 Å². The van der Waals surface area contributed by atoms with Gasteiger partial charge in [0.25, 0.3) is 0 Å². The zero-order chi connectivity index (χ0) is 13.0. The van der Waals surface area contributed by atoms with E-state index in [4.69, 9.17) is 5.11 Å². The molecule has 2 aromatic rings. The number of nitrogens with one attached hydrogen (secondary N) is 1. The largest absolute Gasteiger partial charge is 0.475 e. The Bertz CT molecular complexity index is 570. The lowest BCUT2D eigenvalue weighted by atomic mass is 10.1. The van der Waals surface area contributed by atoms with Crippen LogP contribution in [0, 0.1) is 0 Å². The van der Waals surface area contributed by atoms with Crippen LogP contribution in [0.5, 0.6) is 0 Å². The number of hydrogen-bond acceptors (Lipinski definition) is 4. The third-order valence-corrected chi connectivity index (χ3v) is 2.51. The summed E-state index contributed by atoms with van der Waals surface area (Å²) >= 11 is 0. The highest BCUT2D eigenvalue weighted by molar-refractivity contribution is 5.83. The van der Waals surface area contributed by atoms with Gasteiger partial charge in [-0.05, 0) is 24.1 Å². The predicted molar refractivity (Wildman–Crippen MR) is 68.1 cm³/mol. The average Bonchev–Trinajstić information content (AvgIpc) is 2.39.